The summed E-state index contributed by atoms with van der Waals surface area (Å²) in [5, 5.41) is 15.3. The summed E-state index contributed by atoms with van der Waals surface area (Å²) in [6.45, 7) is 6.47. The fourth-order valence-corrected chi connectivity index (χ4v) is 3.22. The second kappa shape index (κ2) is 8.68. The van der Waals surface area contributed by atoms with Crippen LogP contribution in [0.15, 0.2) is 47.6 Å². The molecule has 0 aliphatic heterocycles. The normalized spacial score (nSPS) is 10.6. The van der Waals surface area contributed by atoms with E-state index >= 15 is 0 Å². The van der Waals surface area contributed by atoms with Gasteiger partial charge in [0.05, 0.1) is 12.4 Å². The Morgan fingerprint density at radius 3 is 2.81 bits per heavy atom. The molecule has 140 valence electrons. The number of ether oxygens (including phenoxy) is 1. The maximum atomic E-state index is 12.4. The molecule has 1 heterocycles. The van der Waals surface area contributed by atoms with E-state index in [1.807, 2.05) is 63.2 Å². The zero-order chi connectivity index (χ0) is 19.2. The molecular formula is C19H21N5O2S. The van der Waals surface area contributed by atoms with Crippen LogP contribution in [0.2, 0.25) is 0 Å². The summed E-state index contributed by atoms with van der Waals surface area (Å²) in [4.78, 5) is 12.4. The number of para-hydroxylation sites is 2. The maximum Gasteiger partial charge on any atom is 0.234 e. The highest BCUT2D eigenvalue weighted by molar-refractivity contribution is 7.99. The minimum Gasteiger partial charge on any atom is -0.492 e. The Morgan fingerprint density at radius 1 is 1.19 bits per heavy atom. The number of nitrogens with zero attached hydrogens (tertiary/aromatic N) is 4. The van der Waals surface area contributed by atoms with Crippen LogP contribution in [-0.4, -0.2) is 38.5 Å². The molecule has 3 aromatic rings. The minimum absolute atomic E-state index is 0.110. The van der Waals surface area contributed by atoms with Gasteiger partial charge in [-0.25, -0.2) is 0 Å². The van der Waals surface area contributed by atoms with Gasteiger partial charge < -0.3 is 10.1 Å². The second-order valence-electron chi connectivity index (χ2n) is 5.86. The van der Waals surface area contributed by atoms with Gasteiger partial charge in [0.1, 0.15) is 11.4 Å². The first-order valence-electron chi connectivity index (χ1n) is 8.59. The number of nitrogens with one attached hydrogen (secondary N) is 1. The molecular weight excluding hydrogens is 362 g/mol. The standard InChI is InChI=1S/C19H21N5O2S/c1-4-26-17-11-6-5-10-16(17)24-19(21-22-23-24)27-12-18(25)20-15-9-7-8-13(2)14(15)3/h5-11H,4,12H2,1-3H3,(H,20,25). The Balaban J connectivity index is 1.70. The van der Waals surface area contributed by atoms with E-state index in [-0.39, 0.29) is 11.7 Å². The van der Waals surface area contributed by atoms with E-state index in [2.05, 4.69) is 20.8 Å². The average Bonchev–Trinajstić information content (AvgIpc) is 3.13. The van der Waals surface area contributed by atoms with Gasteiger partial charge in [0.25, 0.3) is 0 Å². The Morgan fingerprint density at radius 2 is 2.00 bits per heavy atom. The number of rotatable bonds is 7. The molecule has 0 bridgehead atoms. The molecule has 0 spiro atoms. The van der Waals surface area contributed by atoms with Crippen molar-refractivity contribution in [2.75, 3.05) is 17.7 Å². The summed E-state index contributed by atoms with van der Waals surface area (Å²) in [6, 6.07) is 13.4. The first-order valence-corrected chi connectivity index (χ1v) is 9.58. The predicted octanol–water partition coefficient (Wildman–Crippen LogP) is 3.41. The molecule has 0 fully saturated rings. The molecule has 1 aromatic heterocycles. The SMILES string of the molecule is CCOc1ccccc1-n1nnnc1SCC(=O)Nc1cccc(C)c1C. The largest absolute Gasteiger partial charge is 0.492 e. The molecule has 0 aliphatic carbocycles. The van der Waals surface area contributed by atoms with Gasteiger partial charge in [-0.1, -0.05) is 36.0 Å². The smallest absolute Gasteiger partial charge is 0.234 e. The van der Waals surface area contributed by atoms with Crippen molar-refractivity contribution in [1.29, 1.82) is 0 Å². The number of thioether (sulfide) groups is 1. The predicted molar refractivity (Wildman–Crippen MR) is 106 cm³/mol. The van der Waals surface area contributed by atoms with Gasteiger partial charge in [0, 0.05) is 5.69 Å². The highest BCUT2D eigenvalue weighted by Gasteiger charge is 2.15. The third-order valence-electron chi connectivity index (χ3n) is 4.05. The van der Waals surface area contributed by atoms with Gasteiger partial charge in [-0.15, -0.1) is 5.10 Å². The molecule has 0 radical (unpaired) electrons. The van der Waals surface area contributed by atoms with Crippen LogP contribution in [0.5, 0.6) is 5.75 Å². The van der Waals surface area contributed by atoms with E-state index in [1.54, 1.807) is 4.68 Å². The summed E-state index contributed by atoms with van der Waals surface area (Å²) in [7, 11) is 0. The first-order chi connectivity index (χ1) is 13.1. The van der Waals surface area contributed by atoms with E-state index in [9.17, 15) is 4.79 Å². The number of hydrogen-bond donors (Lipinski definition) is 1. The number of aryl methyl sites for hydroxylation is 1. The molecule has 0 aliphatic rings. The lowest BCUT2D eigenvalue weighted by Crippen LogP contribution is -2.15. The van der Waals surface area contributed by atoms with Gasteiger partial charge >= 0.3 is 0 Å². The molecule has 0 unspecified atom stereocenters. The summed E-state index contributed by atoms with van der Waals surface area (Å²) < 4.78 is 7.22. The number of hydrogen-bond acceptors (Lipinski definition) is 6. The van der Waals surface area contributed by atoms with Crippen molar-refractivity contribution in [3.05, 3.63) is 53.6 Å². The number of anilines is 1. The van der Waals surface area contributed by atoms with Crippen LogP contribution in [0.1, 0.15) is 18.1 Å². The zero-order valence-corrected chi connectivity index (χ0v) is 16.3. The van der Waals surface area contributed by atoms with Crippen LogP contribution >= 0.6 is 11.8 Å². The third kappa shape index (κ3) is 4.46. The lowest BCUT2D eigenvalue weighted by atomic mass is 10.1. The number of benzene rings is 2. The van der Waals surface area contributed by atoms with Crippen LogP contribution in [-0.2, 0) is 4.79 Å². The molecule has 2 aromatic carbocycles. The van der Waals surface area contributed by atoms with Gasteiger partial charge in [0.2, 0.25) is 11.1 Å². The van der Waals surface area contributed by atoms with Crippen molar-refractivity contribution in [3.63, 3.8) is 0 Å². The number of carbonyl (C=O) groups is 1. The summed E-state index contributed by atoms with van der Waals surface area (Å²) >= 11 is 1.27. The lowest BCUT2D eigenvalue weighted by Gasteiger charge is -2.11. The van der Waals surface area contributed by atoms with Crippen LogP contribution < -0.4 is 10.1 Å². The highest BCUT2D eigenvalue weighted by Crippen LogP contribution is 2.26. The average molecular weight is 383 g/mol. The minimum atomic E-state index is -0.110. The molecule has 3 rings (SSSR count). The van der Waals surface area contributed by atoms with Crippen molar-refractivity contribution in [1.82, 2.24) is 20.2 Å². The molecule has 0 saturated carbocycles. The fourth-order valence-electron chi connectivity index (χ4n) is 2.53. The molecule has 27 heavy (non-hydrogen) atoms. The zero-order valence-electron chi connectivity index (χ0n) is 15.5. The molecule has 1 amide bonds. The summed E-state index contributed by atoms with van der Waals surface area (Å²) in [5.74, 6) is 0.778. The van der Waals surface area contributed by atoms with E-state index in [4.69, 9.17) is 4.74 Å². The monoisotopic (exact) mass is 383 g/mol. The van der Waals surface area contributed by atoms with Crippen LogP contribution in [0, 0.1) is 13.8 Å². The first kappa shape index (κ1) is 18.9. The Bertz CT molecular complexity index is 941. The second-order valence-corrected chi connectivity index (χ2v) is 6.80. The van der Waals surface area contributed by atoms with Gasteiger partial charge in [-0.2, -0.15) is 4.68 Å². The topological polar surface area (TPSA) is 81.9 Å². The highest BCUT2D eigenvalue weighted by atomic mass is 32.2. The molecule has 0 saturated heterocycles. The lowest BCUT2D eigenvalue weighted by molar-refractivity contribution is -0.113. The molecule has 0 atom stereocenters. The van der Waals surface area contributed by atoms with Gasteiger partial charge in [-0.3, -0.25) is 4.79 Å². The number of aromatic nitrogens is 4. The van der Waals surface area contributed by atoms with E-state index in [0.717, 1.165) is 22.5 Å². The van der Waals surface area contributed by atoms with Crippen molar-refractivity contribution >= 4 is 23.4 Å². The Labute approximate surface area is 162 Å². The van der Waals surface area contributed by atoms with Crippen molar-refractivity contribution in [2.45, 2.75) is 25.9 Å². The number of carbonyl (C=O) groups excluding carboxylic acids is 1. The third-order valence-corrected chi connectivity index (χ3v) is 4.96. The van der Waals surface area contributed by atoms with E-state index in [1.165, 1.54) is 11.8 Å². The Hall–Kier alpha value is -2.87. The van der Waals surface area contributed by atoms with Crippen molar-refractivity contribution < 1.29 is 9.53 Å². The van der Waals surface area contributed by atoms with Gasteiger partial charge in [0.15, 0.2) is 0 Å². The fraction of sp³-hybridized carbons (Fsp3) is 0.263. The van der Waals surface area contributed by atoms with Gasteiger partial charge in [-0.05, 0) is 60.5 Å². The quantitative estimate of drug-likeness (QED) is 0.630. The van der Waals surface area contributed by atoms with E-state index in [0.29, 0.717) is 17.5 Å². The molecule has 7 nitrogen and oxygen atoms in total. The van der Waals surface area contributed by atoms with Crippen LogP contribution in [0.25, 0.3) is 5.69 Å². The molecule has 1 N–H and O–H groups in total. The summed E-state index contributed by atoms with van der Waals surface area (Å²) in [5.41, 5.74) is 3.76. The maximum absolute atomic E-state index is 12.4. The number of amides is 1. The Kier molecular flexibility index (Phi) is 6.08. The van der Waals surface area contributed by atoms with Crippen molar-refractivity contribution in [2.24, 2.45) is 0 Å². The van der Waals surface area contributed by atoms with E-state index < -0.39 is 0 Å². The number of tetrazole rings is 1. The van der Waals surface area contributed by atoms with Crippen LogP contribution in [0.4, 0.5) is 5.69 Å². The van der Waals surface area contributed by atoms with Crippen LogP contribution in [0.3, 0.4) is 0 Å². The molecule has 8 heteroatoms. The summed E-state index contributed by atoms with van der Waals surface area (Å²) in [6.07, 6.45) is 0. The van der Waals surface area contributed by atoms with Crippen molar-refractivity contribution in [3.8, 4) is 11.4 Å².